The van der Waals surface area contributed by atoms with Crippen LogP contribution >= 0.6 is 0 Å². The van der Waals surface area contributed by atoms with Gasteiger partial charge < -0.3 is 14.8 Å². The van der Waals surface area contributed by atoms with Crippen LogP contribution in [-0.2, 0) is 14.8 Å². The molecule has 10 heteroatoms. The average molecular weight is 407 g/mol. The van der Waals surface area contributed by atoms with Crippen molar-refractivity contribution < 1.29 is 27.9 Å². The van der Waals surface area contributed by atoms with Crippen LogP contribution < -0.4 is 20.3 Å². The van der Waals surface area contributed by atoms with E-state index in [0.29, 0.717) is 23.8 Å². The van der Waals surface area contributed by atoms with Gasteiger partial charge in [0, 0.05) is 19.6 Å². The molecule has 0 aromatic heterocycles. The van der Waals surface area contributed by atoms with Crippen molar-refractivity contribution in [2.75, 3.05) is 26.7 Å². The van der Waals surface area contributed by atoms with Crippen LogP contribution in [0, 0.1) is 0 Å². The van der Waals surface area contributed by atoms with Gasteiger partial charge >= 0.3 is 0 Å². The summed E-state index contributed by atoms with van der Waals surface area (Å²) in [5.74, 6) is 0.966. The summed E-state index contributed by atoms with van der Waals surface area (Å²) < 4.78 is 37.7. The highest BCUT2D eigenvalue weighted by atomic mass is 32.2. The lowest BCUT2D eigenvalue weighted by molar-refractivity contribution is -0.133. The highest BCUT2D eigenvalue weighted by Crippen LogP contribution is 2.26. The quantitative estimate of drug-likeness (QED) is 0.482. The summed E-state index contributed by atoms with van der Waals surface area (Å²) in [7, 11) is -2.34. The van der Waals surface area contributed by atoms with Gasteiger partial charge in [0.15, 0.2) is 0 Å². The number of nitrogens with zero attached hydrogens (tertiary/aromatic N) is 1. The Hall–Kier alpha value is -2.66. The van der Waals surface area contributed by atoms with Crippen molar-refractivity contribution in [1.29, 1.82) is 0 Å². The number of carbonyl (C=O) groups excluding carboxylic acids is 1. The fourth-order valence-corrected chi connectivity index (χ4v) is 4.45. The number of hydrogen-bond donors (Lipinski definition) is 3. The second-order valence-corrected chi connectivity index (χ2v) is 7.95. The highest BCUT2D eigenvalue weighted by Gasteiger charge is 2.37. The number of sulfonamides is 1. The van der Waals surface area contributed by atoms with E-state index in [1.807, 2.05) is 0 Å². The first-order chi connectivity index (χ1) is 13.5. The van der Waals surface area contributed by atoms with Crippen LogP contribution in [0.5, 0.6) is 17.2 Å². The number of benzene rings is 2. The molecule has 1 aliphatic heterocycles. The van der Waals surface area contributed by atoms with Crippen LogP contribution in [0.2, 0.25) is 0 Å². The average Bonchev–Trinajstić information content (AvgIpc) is 2.74. The van der Waals surface area contributed by atoms with E-state index in [-0.39, 0.29) is 18.0 Å². The number of hydrogen-bond acceptors (Lipinski definition) is 7. The van der Waals surface area contributed by atoms with Crippen molar-refractivity contribution in [3.63, 3.8) is 0 Å². The van der Waals surface area contributed by atoms with E-state index < -0.39 is 22.0 Å². The van der Waals surface area contributed by atoms with Crippen LogP contribution in [0.4, 0.5) is 0 Å². The first-order valence-corrected chi connectivity index (χ1v) is 9.98. The number of carbonyl (C=O) groups is 1. The van der Waals surface area contributed by atoms with Crippen molar-refractivity contribution >= 4 is 15.9 Å². The number of rotatable bonds is 6. The zero-order valence-corrected chi connectivity index (χ0v) is 16.0. The normalized spacial score (nSPS) is 17.7. The molecule has 0 aliphatic carbocycles. The molecule has 2 aromatic rings. The molecule has 0 radical (unpaired) electrons. The van der Waals surface area contributed by atoms with Gasteiger partial charge in [-0.3, -0.25) is 10.0 Å². The summed E-state index contributed by atoms with van der Waals surface area (Å²) in [5, 5.41) is 11.8. The Morgan fingerprint density at radius 2 is 1.68 bits per heavy atom. The van der Waals surface area contributed by atoms with Gasteiger partial charge in [-0.25, -0.2) is 13.9 Å². The first-order valence-electron chi connectivity index (χ1n) is 8.54. The second kappa shape index (κ2) is 8.57. The van der Waals surface area contributed by atoms with E-state index in [9.17, 15) is 13.2 Å². The van der Waals surface area contributed by atoms with Crippen LogP contribution in [0.15, 0.2) is 53.4 Å². The minimum atomic E-state index is -3.92. The summed E-state index contributed by atoms with van der Waals surface area (Å²) in [4.78, 5) is 11.9. The Bertz CT molecular complexity index is 915. The number of amides is 1. The van der Waals surface area contributed by atoms with Crippen molar-refractivity contribution in [2.24, 2.45) is 0 Å². The molecule has 150 valence electrons. The number of piperazine rings is 1. The number of methoxy groups -OCH3 is 1. The third-order valence-electron chi connectivity index (χ3n) is 4.33. The molecule has 28 heavy (non-hydrogen) atoms. The van der Waals surface area contributed by atoms with Gasteiger partial charge in [0.1, 0.15) is 23.3 Å². The summed E-state index contributed by atoms with van der Waals surface area (Å²) in [5.41, 5.74) is 1.52. The maximum absolute atomic E-state index is 12.9. The van der Waals surface area contributed by atoms with E-state index in [1.165, 1.54) is 17.6 Å². The Balaban J connectivity index is 1.78. The Labute approximate surface area is 162 Å². The summed E-state index contributed by atoms with van der Waals surface area (Å²) in [6.45, 7) is 0.641. The Morgan fingerprint density at radius 1 is 1.11 bits per heavy atom. The van der Waals surface area contributed by atoms with Gasteiger partial charge in [-0.2, -0.15) is 4.31 Å². The molecule has 0 bridgehead atoms. The molecule has 1 saturated heterocycles. The van der Waals surface area contributed by atoms with E-state index in [4.69, 9.17) is 14.7 Å². The van der Waals surface area contributed by atoms with Crippen molar-refractivity contribution in [2.45, 2.75) is 10.9 Å². The number of hydroxylamine groups is 1. The minimum absolute atomic E-state index is 0.0345. The van der Waals surface area contributed by atoms with Crippen LogP contribution in [0.1, 0.15) is 0 Å². The molecule has 1 atom stereocenters. The Kier molecular flexibility index (Phi) is 6.15. The van der Waals surface area contributed by atoms with Crippen molar-refractivity contribution in [3.05, 3.63) is 48.5 Å². The second-order valence-electron chi connectivity index (χ2n) is 6.06. The lowest BCUT2D eigenvalue weighted by Crippen LogP contribution is -2.59. The van der Waals surface area contributed by atoms with Crippen LogP contribution in [0.3, 0.4) is 0 Å². The third kappa shape index (κ3) is 4.25. The van der Waals surface area contributed by atoms with Gasteiger partial charge in [-0.1, -0.05) is 0 Å². The Morgan fingerprint density at radius 3 is 2.25 bits per heavy atom. The molecule has 1 aliphatic rings. The lowest BCUT2D eigenvalue weighted by Gasteiger charge is -2.33. The molecule has 1 heterocycles. The fraction of sp³-hybridized carbons (Fsp3) is 0.278. The highest BCUT2D eigenvalue weighted by molar-refractivity contribution is 7.89. The van der Waals surface area contributed by atoms with E-state index in [2.05, 4.69) is 5.32 Å². The first kappa shape index (κ1) is 20.1. The van der Waals surface area contributed by atoms with Crippen molar-refractivity contribution in [3.8, 4) is 17.2 Å². The predicted molar refractivity (Wildman–Crippen MR) is 100.0 cm³/mol. The van der Waals surface area contributed by atoms with Crippen LogP contribution in [-0.4, -0.2) is 56.6 Å². The zero-order valence-electron chi connectivity index (χ0n) is 15.2. The largest absolute Gasteiger partial charge is 0.497 e. The number of ether oxygens (including phenoxy) is 2. The van der Waals surface area contributed by atoms with Gasteiger partial charge in [0.25, 0.3) is 5.91 Å². The summed E-state index contributed by atoms with van der Waals surface area (Å²) in [6.07, 6.45) is 0. The molecule has 3 rings (SSSR count). The van der Waals surface area contributed by atoms with Crippen LogP contribution in [0.25, 0.3) is 0 Å². The summed E-state index contributed by atoms with van der Waals surface area (Å²) >= 11 is 0. The van der Waals surface area contributed by atoms with E-state index >= 15 is 0 Å². The topological polar surface area (TPSA) is 117 Å². The monoisotopic (exact) mass is 407 g/mol. The molecular weight excluding hydrogens is 386 g/mol. The van der Waals surface area contributed by atoms with E-state index in [0.717, 1.165) is 4.31 Å². The molecule has 3 N–H and O–H groups in total. The van der Waals surface area contributed by atoms with Crippen molar-refractivity contribution in [1.82, 2.24) is 15.1 Å². The standard InChI is InChI=1S/C18H21N3O6S/c1-26-13-2-4-14(5-3-13)27-15-6-8-16(9-7-15)28(24,25)21-11-10-19-12-17(21)18(22)20-23/h2-9,17,19,23H,10-12H2,1H3,(H,20,22)/t17-/m1/s1. The maximum atomic E-state index is 12.9. The molecule has 9 nitrogen and oxygen atoms in total. The van der Waals surface area contributed by atoms with Gasteiger partial charge in [0.05, 0.1) is 12.0 Å². The predicted octanol–water partition coefficient (Wildman–Crippen LogP) is 0.955. The fourth-order valence-electron chi connectivity index (χ4n) is 2.87. The maximum Gasteiger partial charge on any atom is 0.263 e. The van der Waals surface area contributed by atoms with Gasteiger partial charge in [0.2, 0.25) is 10.0 Å². The molecule has 2 aromatic carbocycles. The minimum Gasteiger partial charge on any atom is -0.497 e. The molecule has 0 spiro atoms. The molecule has 1 fully saturated rings. The smallest absolute Gasteiger partial charge is 0.263 e. The number of nitrogens with one attached hydrogen (secondary N) is 2. The summed E-state index contributed by atoms with van der Waals surface area (Å²) in [6, 6.07) is 11.9. The van der Waals surface area contributed by atoms with Gasteiger partial charge in [-0.15, -0.1) is 0 Å². The molecule has 0 unspecified atom stereocenters. The molecule has 1 amide bonds. The lowest BCUT2D eigenvalue weighted by atomic mass is 10.2. The zero-order chi connectivity index (χ0) is 20.1. The van der Waals surface area contributed by atoms with Gasteiger partial charge in [-0.05, 0) is 48.5 Å². The molecular formula is C18H21N3O6S. The van der Waals surface area contributed by atoms with E-state index in [1.54, 1.807) is 43.5 Å². The molecule has 0 saturated carbocycles. The third-order valence-corrected chi connectivity index (χ3v) is 6.25. The SMILES string of the molecule is COc1ccc(Oc2ccc(S(=O)(=O)N3CCNC[C@@H]3C(=O)NO)cc2)cc1.